The minimum Gasteiger partial charge on any atom is -0.385 e. The van der Waals surface area contributed by atoms with Crippen LogP contribution in [0.3, 0.4) is 0 Å². The van der Waals surface area contributed by atoms with Crippen LogP contribution in [0, 0.1) is 0 Å². The fourth-order valence-electron chi connectivity index (χ4n) is 2.39. The molecule has 0 saturated heterocycles. The van der Waals surface area contributed by atoms with Gasteiger partial charge in [-0.25, -0.2) is 9.97 Å². The van der Waals surface area contributed by atoms with Crippen molar-refractivity contribution < 1.29 is 4.74 Å². The zero-order valence-electron chi connectivity index (χ0n) is 11.8. The summed E-state index contributed by atoms with van der Waals surface area (Å²) in [7, 11) is 1.71. The van der Waals surface area contributed by atoms with Crippen LogP contribution in [0.25, 0.3) is 16.9 Å². The number of aromatic nitrogens is 3. The van der Waals surface area contributed by atoms with Crippen LogP contribution in [0.4, 0.5) is 0 Å². The van der Waals surface area contributed by atoms with Gasteiger partial charge in [-0.15, -0.1) is 0 Å². The molecule has 3 rings (SSSR count). The topological polar surface area (TPSA) is 39.9 Å². The number of hydrogen-bond acceptors (Lipinski definition) is 3. The molecule has 3 aromatic rings. The molecule has 0 spiro atoms. The molecule has 0 fully saturated rings. The van der Waals surface area contributed by atoms with Crippen molar-refractivity contribution in [3.8, 4) is 5.69 Å². The van der Waals surface area contributed by atoms with Crippen molar-refractivity contribution in [2.24, 2.45) is 0 Å². The first-order chi connectivity index (χ1) is 10.3. The smallest absolute Gasteiger partial charge is 0.164 e. The molecule has 0 bridgehead atoms. The summed E-state index contributed by atoms with van der Waals surface area (Å²) in [6.45, 7) is 0.707. The van der Waals surface area contributed by atoms with E-state index in [4.69, 9.17) is 16.3 Å². The Hall–Kier alpha value is -1.91. The maximum Gasteiger partial charge on any atom is 0.164 e. The number of hydrogen-bond donors (Lipinski definition) is 0. The van der Waals surface area contributed by atoms with Gasteiger partial charge in [0.2, 0.25) is 0 Å². The van der Waals surface area contributed by atoms with Crippen LogP contribution < -0.4 is 0 Å². The fourth-order valence-corrected chi connectivity index (χ4v) is 2.61. The lowest BCUT2D eigenvalue weighted by Crippen LogP contribution is -2.04. The molecule has 108 valence electrons. The monoisotopic (exact) mass is 301 g/mol. The number of ether oxygens (including phenoxy) is 1. The van der Waals surface area contributed by atoms with Crippen molar-refractivity contribution in [2.45, 2.75) is 12.8 Å². The molecule has 2 aromatic heterocycles. The van der Waals surface area contributed by atoms with Gasteiger partial charge in [0.1, 0.15) is 11.3 Å². The van der Waals surface area contributed by atoms with E-state index in [1.807, 2.05) is 41.0 Å². The Morgan fingerprint density at radius 3 is 2.86 bits per heavy atom. The van der Waals surface area contributed by atoms with Gasteiger partial charge in [-0.1, -0.05) is 23.7 Å². The van der Waals surface area contributed by atoms with E-state index >= 15 is 0 Å². The minimum atomic E-state index is 0.690. The maximum atomic E-state index is 6.35. The first-order valence-corrected chi connectivity index (χ1v) is 7.25. The number of para-hydroxylation sites is 1. The van der Waals surface area contributed by atoms with E-state index in [0.717, 1.165) is 35.5 Å². The Bertz CT molecular complexity index is 754. The van der Waals surface area contributed by atoms with Crippen LogP contribution in [0.2, 0.25) is 5.02 Å². The van der Waals surface area contributed by atoms with E-state index < -0.39 is 0 Å². The highest BCUT2D eigenvalue weighted by Crippen LogP contribution is 2.26. The Kier molecular flexibility index (Phi) is 4.18. The van der Waals surface area contributed by atoms with Crippen LogP contribution >= 0.6 is 11.6 Å². The Morgan fingerprint density at radius 1 is 1.19 bits per heavy atom. The summed E-state index contributed by atoms with van der Waals surface area (Å²) in [5, 5.41) is 0.690. The molecule has 1 aromatic carbocycles. The Labute approximate surface area is 128 Å². The largest absolute Gasteiger partial charge is 0.385 e. The number of benzene rings is 1. The van der Waals surface area contributed by atoms with E-state index in [-0.39, 0.29) is 0 Å². The van der Waals surface area contributed by atoms with Crippen LogP contribution in [-0.2, 0) is 11.2 Å². The lowest BCUT2D eigenvalue weighted by atomic mass is 10.2. The number of nitrogens with zero attached hydrogens (tertiary/aromatic N) is 3. The van der Waals surface area contributed by atoms with E-state index in [1.165, 1.54) is 0 Å². The summed E-state index contributed by atoms with van der Waals surface area (Å²) in [6, 6.07) is 11.6. The van der Waals surface area contributed by atoms with Gasteiger partial charge in [-0.05, 0) is 30.7 Å². The van der Waals surface area contributed by atoms with Crippen LogP contribution in [-0.4, -0.2) is 28.3 Å². The van der Waals surface area contributed by atoms with Crippen molar-refractivity contribution in [1.82, 2.24) is 14.5 Å². The number of halogens is 1. The Balaban J connectivity index is 2.14. The van der Waals surface area contributed by atoms with Gasteiger partial charge in [0.25, 0.3) is 0 Å². The average molecular weight is 302 g/mol. The summed E-state index contributed by atoms with van der Waals surface area (Å²) < 4.78 is 7.16. The highest BCUT2D eigenvalue weighted by molar-refractivity contribution is 6.32. The van der Waals surface area contributed by atoms with Gasteiger partial charge in [0.15, 0.2) is 5.65 Å². The molecule has 0 atom stereocenters. The molecule has 0 radical (unpaired) electrons. The molecule has 0 aliphatic carbocycles. The van der Waals surface area contributed by atoms with Crippen LogP contribution in [0.15, 0.2) is 42.6 Å². The predicted octanol–water partition coefficient (Wildman–Crippen LogP) is 3.65. The zero-order chi connectivity index (χ0) is 14.7. The second-order valence-electron chi connectivity index (χ2n) is 4.76. The summed E-state index contributed by atoms with van der Waals surface area (Å²) in [5.74, 6) is 0.953. The molecule has 2 heterocycles. The molecule has 0 amide bonds. The second kappa shape index (κ2) is 6.24. The molecule has 0 N–H and O–H groups in total. The molecule has 5 heteroatoms. The molecular formula is C16H16ClN3O. The SMILES string of the molecule is COCCCc1nc2cccnc2n1-c1ccccc1Cl. The predicted molar refractivity (Wildman–Crippen MR) is 84.1 cm³/mol. The summed E-state index contributed by atoms with van der Waals surface area (Å²) in [4.78, 5) is 9.15. The number of rotatable bonds is 5. The lowest BCUT2D eigenvalue weighted by Gasteiger charge is -2.10. The summed E-state index contributed by atoms with van der Waals surface area (Å²) in [5.41, 5.74) is 2.62. The van der Waals surface area contributed by atoms with Crippen molar-refractivity contribution in [3.63, 3.8) is 0 Å². The standard InChI is InChI=1S/C16H16ClN3O/c1-21-11-5-9-15-19-13-7-4-10-18-16(13)20(15)14-8-3-2-6-12(14)17/h2-4,6-8,10H,5,9,11H2,1H3. The molecule has 0 aliphatic rings. The third-order valence-corrected chi connectivity index (χ3v) is 3.65. The van der Waals surface area contributed by atoms with Gasteiger partial charge in [0, 0.05) is 26.3 Å². The van der Waals surface area contributed by atoms with Crippen LogP contribution in [0.1, 0.15) is 12.2 Å². The van der Waals surface area contributed by atoms with Gasteiger partial charge in [-0.2, -0.15) is 0 Å². The zero-order valence-corrected chi connectivity index (χ0v) is 12.5. The lowest BCUT2D eigenvalue weighted by molar-refractivity contribution is 0.194. The molecule has 0 saturated carbocycles. The summed E-state index contributed by atoms with van der Waals surface area (Å²) >= 11 is 6.35. The number of aryl methyl sites for hydroxylation is 1. The third kappa shape index (κ3) is 2.77. The first-order valence-electron chi connectivity index (χ1n) is 6.87. The number of methoxy groups -OCH3 is 1. The highest BCUT2D eigenvalue weighted by atomic mass is 35.5. The van der Waals surface area contributed by atoms with Gasteiger partial charge in [0.05, 0.1) is 10.7 Å². The van der Waals surface area contributed by atoms with E-state index in [1.54, 1.807) is 13.3 Å². The summed E-state index contributed by atoms with van der Waals surface area (Å²) in [6.07, 6.45) is 3.50. The second-order valence-corrected chi connectivity index (χ2v) is 5.16. The molecule has 4 nitrogen and oxygen atoms in total. The number of imidazole rings is 1. The van der Waals surface area contributed by atoms with Crippen molar-refractivity contribution in [2.75, 3.05) is 13.7 Å². The van der Waals surface area contributed by atoms with Gasteiger partial charge in [-0.3, -0.25) is 4.57 Å². The van der Waals surface area contributed by atoms with E-state index in [9.17, 15) is 0 Å². The quantitative estimate of drug-likeness (QED) is 0.675. The van der Waals surface area contributed by atoms with Gasteiger partial charge >= 0.3 is 0 Å². The average Bonchev–Trinajstić information content (AvgIpc) is 2.86. The number of pyridine rings is 1. The van der Waals surface area contributed by atoms with Crippen LogP contribution in [0.5, 0.6) is 0 Å². The molecule has 21 heavy (non-hydrogen) atoms. The van der Waals surface area contributed by atoms with Gasteiger partial charge < -0.3 is 4.74 Å². The molecular weight excluding hydrogens is 286 g/mol. The third-order valence-electron chi connectivity index (χ3n) is 3.33. The molecule has 0 unspecified atom stereocenters. The van der Waals surface area contributed by atoms with E-state index in [2.05, 4.69) is 9.97 Å². The van der Waals surface area contributed by atoms with Crippen molar-refractivity contribution in [3.05, 3.63) is 53.4 Å². The Morgan fingerprint density at radius 2 is 2.05 bits per heavy atom. The normalized spacial score (nSPS) is 11.1. The first kappa shape index (κ1) is 14.0. The van der Waals surface area contributed by atoms with Crippen molar-refractivity contribution >= 4 is 22.8 Å². The van der Waals surface area contributed by atoms with Crippen molar-refractivity contribution in [1.29, 1.82) is 0 Å². The number of fused-ring (bicyclic) bond motifs is 1. The highest BCUT2D eigenvalue weighted by Gasteiger charge is 2.14. The molecule has 0 aliphatic heterocycles. The fraction of sp³-hybridized carbons (Fsp3) is 0.250. The van der Waals surface area contributed by atoms with E-state index in [0.29, 0.717) is 11.6 Å². The maximum absolute atomic E-state index is 6.35. The minimum absolute atomic E-state index is 0.690.